The van der Waals surface area contributed by atoms with Crippen LogP contribution in [-0.2, 0) is 24.2 Å². The molecule has 2 aromatic heterocycles. The molecule has 3 aromatic rings. The van der Waals surface area contributed by atoms with Crippen LogP contribution in [0.4, 0.5) is 4.39 Å². The lowest BCUT2D eigenvalue weighted by atomic mass is 10.0. The Morgan fingerprint density at radius 2 is 2.21 bits per heavy atom. The maximum atomic E-state index is 14.0. The third kappa shape index (κ3) is 3.26. The summed E-state index contributed by atoms with van der Waals surface area (Å²) in [5.41, 5.74) is 1.01. The zero-order valence-corrected chi connectivity index (χ0v) is 16.6. The molecule has 0 spiro atoms. The summed E-state index contributed by atoms with van der Waals surface area (Å²) in [6.07, 6.45) is 4.21. The van der Waals surface area contributed by atoms with E-state index in [-0.39, 0.29) is 23.1 Å². The number of ether oxygens (including phenoxy) is 1. The first kappa shape index (κ1) is 18.4. The van der Waals surface area contributed by atoms with E-state index in [1.165, 1.54) is 23.5 Å². The van der Waals surface area contributed by atoms with Crippen molar-refractivity contribution in [3.63, 3.8) is 0 Å². The van der Waals surface area contributed by atoms with Gasteiger partial charge >= 0.3 is 0 Å². The van der Waals surface area contributed by atoms with Gasteiger partial charge in [-0.15, -0.1) is 11.3 Å². The molecule has 2 aliphatic heterocycles. The van der Waals surface area contributed by atoms with Crippen LogP contribution in [0.2, 0.25) is 0 Å². The molecular formula is C21H20FN3O3S. The monoisotopic (exact) mass is 413 g/mol. The normalized spacial score (nSPS) is 18.9. The van der Waals surface area contributed by atoms with Crippen LogP contribution in [0.25, 0.3) is 10.2 Å². The van der Waals surface area contributed by atoms with E-state index in [0.717, 1.165) is 29.9 Å². The van der Waals surface area contributed by atoms with Gasteiger partial charge in [-0.3, -0.25) is 14.2 Å². The molecule has 1 fully saturated rings. The molecule has 1 atom stereocenters. The third-order valence-electron chi connectivity index (χ3n) is 5.64. The van der Waals surface area contributed by atoms with Gasteiger partial charge in [0.25, 0.3) is 11.5 Å². The quantitative estimate of drug-likeness (QED) is 0.662. The second-order valence-corrected chi connectivity index (χ2v) is 8.56. The van der Waals surface area contributed by atoms with Gasteiger partial charge in [0.1, 0.15) is 10.6 Å². The predicted molar refractivity (Wildman–Crippen MR) is 108 cm³/mol. The lowest BCUT2D eigenvalue weighted by molar-refractivity contribution is 0.0732. The van der Waals surface area contributed by atoms with Gasteiger partial charge < -0.3 is 9.64 Å². The minimum Gasteiger partial charge on any atom is -0.376 e. The Balaban J connectivity index is 1.45. The average Bonchev–Trinajstić information content (AvgIpc) is 3.37. The fourth-order valence-corrected chi connectivity index (χ4v) is 5.33. The first-order valence-corrected chi connectivity index (χ1v) is 10.6. The topological polar surface area (TPSA) is 64.4 Å². The Kier molecular flexibility index (Phi) is 4.67. The Labute approximate surface area is 170 Å². The molecule has 8 heteroatoms. The number of nitrogens with zero attached hydrogens (tertiary/aromatic N) is 3. The highest BCUT2D eigenvalue weighted by molar-refractivity contribution is 7.18. The molecule has 0 saturated carbocycles. The van der Waals surface area contributed by atoms with Crippen LogP contribution in [0.1, 0.15) is 33.6 Å². The largest absolute Gasteiger partial charge is 0.376 e. The summed E-state index contributed by atoms with van der Waals surface area (Å²) >= 11 is 1.44. The first-order chi connectivity index (χ1) is 14.1. The van der Waals surface area contributed by atoms with Gasteiger partial charge in [0.2, 0.25) is 0 Å². The van der Waals surface area contributed by atoms with E-state index in [9.17, 15) is 14.0 Å². The molecule has 1 amide bonds. The lowest BCUT2D eigenvalue weighted by Crippen LogP contribution is -2.36. The molecule has 2 aliphatic rings. The van der Waals surface area contributed by atoms with Crippen molar-refractivity contribution in [1.82, 2.24) is 14.5 Å². The second kappa shape index (κ2) is 7.35. The fourth-order valence-electron chi connectivity index (χ4n) is 4.13. The molecular weight excluding hydrogens is 393 g/mol. The van der Waals surface area contributed by atoms with Crippen LogP contribution < -0.4 is 5.56 Å². The summed E-state index contributed by atoms with van der Waals surface area (Å²) in [7, 11) is 0. The molecule has 29 heavy (non-hydrogen) atoms. The van der Waals surface area contributed by atoms with Crippen LogP contribution >= 0.6 is 11.3 Å². The van der Waals surface area contributed by atoms with Gasteiger partial charge in [-0.1, -0.05) is 12.1 Å². The summed E-state index contributed by atoms with van der Waals surface area (Å²) in [6.45, 7) is 2.08. The summed E-state index contributed by atoms with van der Waals surface area (Å²) in [6, 6.07) is 6.03. The highest BCUT2D eigenvalue weighted by Crippen LogP contribution is 2.33. The Bertz CT molecular complexity index is 1150. The number of amides is 1. The van der Waals surface area contributed by atoms with Crippen LogP contribution in [0.15, 0.2) is 35.4 Å². The van der Waals surface area contributed by atoms with E-state index in [4.69, 9.17) is 4.74 Å². The van der Waals surface area contributed by atoms with Crippen LogP contribution in [-0.4, -0.2) is 39.6 Å². The SMILES string of the molecule is O=C(c1ccccc1F)N1CCc2c(sc3ncn(CC4CCCO4)c(=O)c23)C1. The molecule has 0 aliphatic carbocycles. The molecule has 150 valence electrons. The standard InChI is InChI=1S/C21H20FN3O3S/c22-16-6-2-1-5-14(16)20(26)24-8-7-15-17(11-24)29-19-18(15)21(27)25(12-23-19)10-13-4-3-9-28-13/h1-2,5-6,12-13H,3-4,7-11H2. The highest BCUT2D eigenvalue weighted by Gasteiger charge is 2.28. The van der Waals surface area contributed by atoms with Gasteiger partial charge in [-0.2, -0.15) is 0 Å². The van der Waals surface area contributed by atoms with Crippen molar-refractivity contribution >= 4 is 27.5 Å². The highest BCUT2D eigenvalue weighted by atomic mass is 32.1. The Morgan fingerprint density at radius 1 is 1.34 bits per heavy atom. The number of fused-ring (bicyclic) bond motifs is 3. The van der Waals surface area contributed by atoms with Gasteiger partial charge in [0.15, 0.2) is 0 Å². The van der Waals surface area contributed by atoms with Crippen LogP contribution in [0, 0.1) is 5.82 Å². The van der Waals surface area contributed by atoms with Crippen molar-refractivity contribution in [1.29, 1.82) is 0 Å². The Morgan fingerprint density at radius 3 is 3.00 bits per heavy atom. The van der Waals surface area contributed by atoms with E-state index in [1.54, 1.807) is 27.9 Å². The van der Waals surface area contributed by atoms with E-state index in [0.29, 0.717) is 36.3 Å². The lowest BCUT2D eigenvalue weighted by Gasteiger charge is -2.27. The molecule has 0 N–H and O–H groups in total. The molecule has 4 heterocycles. The van der Waals surface area contributed by atoms with Gasteiger partial charge in [0.05, 0.1) is 36.5 Å². The smallest absolute Gasteiger partial charge is 0.262 e. The number of thiophene rings is 1. The molecule has 1 unspecified atom stereocenters. The maximum absolute atomic E-state index is 14.0. The third-order valence-corrected chi connectivity index (χ3v) is 6.77. The zero-order valence-electron chi connectivity index (χ0n) is 15.8. The number of hydrogen-bond acceptors (Lipinski definition) is 5. The maximum Gasteiger partial charge on any atom is 0.262 e. The van der Waals surface area contributed by atoms with Gasteiger partial charge in [0, 0.05) is 18.0 Å². The molecule has 0 bridgehead atoms. The van der Waals surface area contributed by atoms with Crippen LogP contribution in [0.3, 0.4) is 0 Å². The molecule has 6 nitrogen and oxygen atoms in total. The van der Waals surface area contributed by atoms with Gasteiger partial charge in [-0.25, -0.2) is 9.37 Å². The number of hydrogen-bond donors (Lipinski definition) is 0. The summed E-state index contributed by atoms with van der Waals surface area (Å²) in [5.74, 6) is -0.840. The first-order valence-electron chi connectivity index (χ1n) is 9.77. The number of rotatable bonds is 3. The number of carbonyl (C=O) groups excluding carboxylic acids is 1. The van der Waals surface area contributed by atoms with Crippen molar-refractivity contribution in [3.8, 4) is 0 Å². The van der Waals surface area contributed by atoms with Crippen molar-refractivity contribution in [3.05, 3.63) is 62.8 Å². The zero-order chi connectivity index (χ0) is 20.0. The molecule has 0 radical (unpaired) electrons. The van der Waals surface area contributed by atoms with Crippen molar-refractivity contribution in [2.75, 3.05) is 13.2 Å². The Hall–Kier alpha value is -2.58. The van der Waals surface area contributed by atoms with E-state index >= 15 is 0 Å². The fraction of sp³-hybridized carbons (Fsp3) is 0.381. The number of aromatic nitrogens is 2. The van der Waals surface area contributed by atoms with Crippen LogP contribution in [0.5, 0.6) is 0 Å². The predicted octanol–water partition coefficient (Wildman–Crippen LogP) is 2.97. The van der Waals surface area contributed by atoms with E-state index < -0.39 is 5.82 Å². The van der Waals surface area contributed by atoms with E-state index in [1.807, 2.05) is 0 Å². The minimum atomic E-state index is -0.515. The average molecular weight is 413 g/mol. The van der Waals surface area contributed by atoms with E-state index in [2.05, 4.69) is 4.98 Å². The number of carbonyl (C=O) groups is 1. The second-order valence-electron chi connectivity index (χ2n) is 7.48. The molecule has 5 rings (SSSR count). The minimum absolute atomic E-state index is 0.0446. The van der Waals surface area contributed by atoms with Crippen molar-refractivity contribution < 1.29 is 13.9 Å². The van der Waals surface area contributed by atoms with Gasteiger partial charge in [-0.05, 0) is 37.0 Å². The summed E-state index contributed by atoms with van der Waals surface area (Å²) in [5, 5.41) is 0.656. The number of halogens is 1. The molecule has 1 saturated heterocycles. The van der Waals surface area contributed by atoms with Crippen molar-refractivity contribution in [2.45, 2.75) is 38.5 Å². The van der Waals surface area contributed by atoms with Crippen molar-refractivity contribution in [2.24, 2.45) is 0 Å². The summed E-state index contributed by atoms with van der Waals surface area (Å²) in [4.78, 5) is 33.6. The summed E-state index contributed by atoms with van der Waals surface area (Å²) < 4.78 is 21.3. The molecule has 1 aromatic carbocycles. The number of benzene rings is 1.